The normalized spacial score (nSPS) is 10.7. The molecule has 0 aromatic heterocycles. The summed E-state index contributed by atoms with van der Waals surface area (Å²) in [7, 11) is 0. The number of guanidine groups is 1. The number of nitrogens with two attached hydrogens (primary N) is 5. The highest BCUT2D eigenvalue weighted by Crippen LogP contribution is 2.09. The number of aliphatic imine (C=N–C) groups is 1. The maximum Gasteiger partial charge on any atom is 0.303 e. The van der Waals surface area contributed by atoms with Gasteiger partial charge < -0.3 is 64.5 Å². The smallest absolute Gasteiger partial charge is 0.303 e. The molecule has 1 atom stereocenters. The molecular formula is C37H74N10O10S. The predicted molar refractivity (Wildman–Crippen MR) is 227 cm³/mol. The molecule has 5 amide bonds. The van der Waals surface area contributed by atoms with Crippen LogP contribution in [0.25, 0.3) is 0 Å². The van der Waals surface area contributed by atoms with Crippen LogP contribution in [0.4, 0.5) is 0 Å². The Morgan fingerprint density at radius 3 is 1.93 bits per heavy atom. The highest BCUT2D eigenvalue weighted by atomic mass is 32.2. The number of hydrogen-bond acceptors (Lipinski definition) is 13. The number of carboxylic acids is 1. The molecule has 58 heavy (non-hydrogen) atoms. The second-order valence-corrected chi connectivity index (χ2v) is 14.0. The van der Waals surface area contributed by atoms with Crippen molar-refractivity contribution < 1.29 is 48.1 Å². The van der Waals surface area contributed by atoms with Crippen molar-refractivity contribution in [3.8, 4) is 0 Å². The minimum atomic E-state index is -0.694. The average Bonchev–Trinajstić information content (AvgIpc) is 3.16. The fourth-order valence-electron chi connectivity index (χ4n) is 4.59. The van der Waals surface area contributed by atoms with Gasteiger partial charge in [0.05, 0.1) is 38.2 Å². The monoisotopic (exact) mass is 851 g/mol. The Hall–Kier alpha value is -4.05. The number of nitrogens with one attached hydrogen (secondary N) is 4. The zero-order valence-electron chi connectivity index (χ0n) is 34.6. The van der Waals surface area contributed by atoms with Gasteiger partial charge in [0.2, 0.25) is 30.0 Å². The van der Waals surface area contributed by atoms with Crippen molar-refractivity contribution in [2.45, 2.75) is 109 Å². The van der Waals surface area contributed by atoms with Crippen LogP contribution < -0.4 is 49.9 Å². The Kier molecular flexibility index (Phi) is 45.9. The van der Waals surface area contributed by atoms with Crippen molar-refractivity contribution in [3.05, 3.63) is 0 Å². The van der Waals surface area contributed by atoms with Crippen LogP contribution in [0.1, 0.15) is 103 Å². The topological polar surface area (TPSA) is 349 Å². The van der Waals surface area contributed by atoms with Gasteiger partial charge in [-0.3, -0.25) is 38.6 Å². The molecule has 0 saturated heterocycles. The lowest BCUT2D eigenvalue weighted by molar-refractivity contribution is -0.137. The standard InChI is InChI=1S/C16H32N2O3.C12H25N5O2S.C9H17N3O5/c17-13-9-8-11-15(19)18-14-10-6-4-2-1-3-5-7-12-16(20)21;1-9(18)10(4-2-3-6-16-12(14)15)17-11(19)8-20-7-5-13;10-8(14)6-17-4-3-16-2-1-12-9(15)5-11-7-13/h1-14,17H2,(H,18,19)(H,20,21);10H,2-8,13H2,1H3,(H,17,19)(H4,14,15,16);7H,1-6H2,(H2,10,14)(H,11,13)(H,12,15). The molecule has 0 fully saturated rings. The summed E-state index contributed by atoms with van der Waals surface area (Å²) in [6.07, 6.45) is 14.0. The van der Waals surface area contributed by atoms with Gasteiger partial charge in [-0.05, 0) is 58.4 Å². The van der Waals surface area contributed by atoms with Crippen LogP contribution in [0.2, 0.25) is 0 Å². The van der Waals surface area contributed by atoms with Crippen LogP contribution in [0, 0.1) is 0 Å². The average molecular weight is 851 g/mol. The highest BCUT2D eigenvalue weighted by molar-refractivity contribution is 7.99. The number of unbranched alkanes of at least 4 members (excludes halogenated alkanes) is 9. The van der Waals surface area contributed by atoms with Crippen molar-refractivity contribution >= 4 is 59.5 Å². The number of amides is 5. The van der Waals surface area contributed by atoms with E-state index in [9.17, 15) is 33.6 Å². The molecule has 20 nitrogen and oxygen atoms in total. The Morgan fingerprint density at radius 2 is 1.34 bits per heavy atom. The van der Waals surface area contributed by atoms with Crippen molar-refractivity contribution in [2.24, 2.45) is 33.7 Å². The molecular weight excluding hydrogens is 777 g/mol. The van der Waals surface area contributed by atoms with Gasteiger partial charge in [-0.25, -0.2) is 0 Å². The summed E-state index contributed by atoms with van der Waals surface area (Å²) in [6.45, 7) is 5.06. The number of Topliss-reactive ketones (excluding diaryl/α,β-unsaturated/α-hetero) is 1. The summed E-state index contributed by atoms with van der Waals surface area (Å²) >= 11 is 1.46. The first kappa shape index (κ1) is 58.3. The molecule has 0 aliphatic heterocycles. The number of hydrogen-bond donors (Lipinski definition) is 10. The number of rotatable bonds is 37. The lowest BCUT2D eigenvalue weighted by Gasteiger charge is -2.15. The van der Waals surface area contributed by atoms with Gasteiger partial charge in [0, 0.05) is 44.8 Å². The van der Waals surface area contributed by atoms with Crippen LogP contribution in [-0.2, 0) is 43.0 Å². The van der Waals surface area contributed by atoms with Crippen molar-refractivity contribution in [2.75, 3.05) is 77.2 Å². The maximum absolute atomic E-state index is 11.6. The highest BCUT2D eigenvalue weighted by Gasteiger charge is 2.16. The summed E-state index contributed by atoms with van der Waals surface area (Å²) < 4.78 is 9.93. The van der Waals surface area contributed by atoms with Gasteiger partial charge in [-0.2, -0.15) is 11.8 Å². The first-order valence-corrected chi connectivity index (χ1v) is 21.1. The molecule has 15 N–H and O–H groups in total. The quantitative estimate of drug-likeness (QED) is 0.0161. The Balaban J connectivity index is -0.000000787. The zero-order valence-corrected chi connectivity index (χ0v) is 35.4. The van der Waals surface area contributed by atoms with E-state index in [1.165, 1.54) is 37.9 Å². The molecule has 0 spiro atoms. The molecule has 0 bridgehead atoms. The van der Waals surface area contributed by atoms with Gasteiger partial charge in [0.15, 0.2) is 11.7 Å². The van der Waals surface area contributed by atoms with E-state index in [1.807, 2.05) is 0 Å². The molecule has 1 unspecified atom stereocenters. The third-order valence-electron chi connectivity index (χ3n) is 7.54. The summed E-state index contributed by atoms with van der Waals surface area (Å²) in [6, 6.07) is -0.430. The second kappa shape index (κ2) is 45.6. The van der Waals surface area contributed by atoms with Crippen molar-refractivity contribution in [1.82, 2.24) is 21.3 Å². The maximum atomic E-state index is 11.6. The van der Waals surface area contributed by atoms with Crippen molar-refractivity contribution in [1.29, 1.82) is 0 Å². The van der Waals surface area contributed by atoms with E-state index in [2.05, 4.69) is 26.3 Å². The van der Waals surface area contributed by atoms with Crippen LogP contribution in [0.15, 0.2) is 4.99 Å². The first-order chi connectivity index (χ1) is 27.8. The molecule has 21 heteroatoms. The molecule has 338 valence electrons. The van der Waals surface area contributed by atoms with E-state index in [1.54, 1.807) is 0 Å². The predicted octanol–water partition coefficient (Wildman–Crippen LogP) is -0.610. The summed E-state index contributed by atoms with van der Waals surface area (Å²) in [5.41, 5.74) is 26.0. The lowest BCUT2D eigenvalue weighted by Crippen LogP contribution is -2.40. The first-order valence-electron chi connectivity index (χ1n) is 20.0. The van der Waals surface area contributed by atoms with Gasteiger partial charge in [-0.1, -0.05) is 38.5 Å². The number of ether oxygens (including phenoxy) is 2. The lowest BCUT2D eigenvalue weighted by atomic mass is 10.1. The number of primary amides is 1. The van der Waals surface area contributed by atoms with E-state index in [0.29, 0.717) is 70.8 Å². The second-order valence-electron chi connectivity index (χ2n) is 12.9. The molecule has 0 aromatic carbocycles. The summed E-state index contributed by atoms with van der Waals surface area (Å²) in [4.78, 5) is 79.8. The van der Waals surface area contributed by atoms with Crippen molar-refractivity contribution in [3.63, 3.8) is 0 Å². The Labute approximate surface area is 348 Å². The largest absolute Gasteiger partial charge is 0.481 e. The fourth-order valence-corrected chi connectivity index (χ4v) is 5.17. The number of nitrogens with zero attached hydrogens (tertiary/aromatic N) is 1. The van der Waals surface area contributed by atoms with Gasteiger partial charge in [-0.15, -0.1) is 0 Å². The van der Waals surface area contributed by atoms with E-state index in [-0.39, 0.29) is 49.2 Å². The molecule has 0 heterocycles. The number of carbonyl (C=O) groups excluding carboxylic acids is 6. The third kappa shape index (κ3) is 52.0. The van der Waals surface area contributed by atoms with Crippen LogP contribution >= 0.6 is 11.8 Å². The van der Waals surface area contributed by atoms with Gasteiger partial charge >= 0.3 is 5.97 Å². The van der Waals surface area contributed by atoms with Gasteiger partial charge in [0.1, 0.15) is 6.61 Å². The Morgan fingerprint density at radius 1 is 0.724 bits per heavy atom. The van der Waals surface area contributed by atoms with E-state index >= 15 is 0 Å². The van der Waals surface area contributed by atoms with E-state index < -0.39 is 17.9 Å². The molecule has 0 aromatic rings. The summed E-state index contributed by atoms with van der Waals surface area (Å²) in [5, 5.41) is 18.9. The van der Waals surface area contributed by atoms with E-state index in [0.717, 1.165) is 70.1 Å². The summed E-state index contributed by atoms with van der Waals surface area (Å²) in [5.74, 6) is -0.408. The minimum Gasteiger partial charge on any atom is -0.481 e. The van der Waals surface area contributed by atoms with Crippen LogP contribution in [-0.4, -0.2) is 136 Å². The van der Waals surface area contributed by atoms with Crippen LogP contribution in [0.3, 0.4) is 0 Å². The molecule has 0 aliphatic carbocycles. The third-order valence-corrected chi connectivity index (χ3v) is 8.54. The number of thioether (sulfide) groups is 1. The number of ketones is 1. The molecule has 0 aliphatic rings. The fraction of sp³-hybridized carbons (Fsp3) is 0.784. The van der Waals surface area contributed by atoms with Gasteiger partial charge in [0.25, 0.3) is 0 Å². The number of aliphatic carboxylic acids is 1. The van der Waals surface area contributed by atoms with E-state index in [4.69, 9.17) is 43.2 Å². The Bertz CT molecular complexity index is 1120. The SMILES string of the molecule is CC(=O)C(CCCCN=C(N)N)NC(=O)CSCCN.NC(=O)COCCOCCNC(=O)CNC=O.NCCCCC(=O)NCCCCCCCCCCC(=O)O. The van der Waals surface area contributed by atoms with Crippen LogP contribution in [0.5, 0.6) is 0 Å². The molecule has 0 saturated carbocycles. The molecule has 0 rings (SSSR count). The number of carbonyl (C=O) groups is 7. The zero-order chi connectivity index (χ0) is 44.1. The number of carboxylic acid groups (broad SMARTS) is 1. The molecule has 0 radical (unpaired) electrons. The minimum absolute atomic E-state index is 0.0379.